The Labute approximate surface area is 145 Å². The topological polar surface area (TPSA) is 107 Å². The molecule has 1 aromatic carbocycles. The average molecular weight is 349 g/mol. The predicted octanol–water partition coefficient (Wildman–Crippen LogP) is 1.33. The van der Waals surface area contributed by atoms with E-state index in [-0.39, 0.29) is 26.1 Å². The molecular weight excluding hydrogens is 326 g/mol. The van der Waals surface area contributed by atoms with E-state index in [1.54, 1.807) is 6.07 Å². The Kier molecular flexibility index (Phi) is 4.47. The van der Waals surface area contributed by atoms with Gasteiger partial charge in [0.05, 0.1) is 24.0 Å². The van der Waals surface area contributed by atoms with Crippen molar-refractivity contribution >= 4 is 11.9 Å². The second-order valence-corrected chi connectivity index (χ2v) is 7.05. The molecule has 1 aliphatic carbocycles. The van der Waals surface area contributed by atoms with Gasteiger partial charge in [0.25, 0.3) is 0 Å². The van der Waals surface area contributed by atoms with Crippen molar-refractivity contribution in [3.63, 3.8) is 0 Å². The summed E-state index contributed by atoms with van der Waals surface area (Å²) in [5.41, 5.74) is -0.752. The van der Waals surface area contributed by atoms with E-state index in [4.69, 9.17) is 4.74 Å². The molecule has 2 fully saturated rings. The number of aliphatic carboxylic acids is 2. The third kappa shape index (κ3) is 2.77. The molecule has 2 aliphatic rings. The highest BCUT2D eigenvalue weighted by Crippen LogP contribution is 2.68. The minimum absolute atomic E-state index is 0.148. The SMILES string of the molecule is CCCOc1ccc(CN2C[C@@]3(C(=O)O)C[C@@]3(C(=O)O)C2)cc1CO. The van der Waals surface area contributed by atoms with E-state index < -0.39 is 22.8 Å². The molecule has 2 atom stereocenters. The first-order chi connectivity index (χ1) is 11.9. The van der Waals surface area contributed by atoms with Crippen molar-refractivity contribution in [1.82, 2.24) is 4.90 Å². The quantitative estimate of drug-likeness (QED) is 0.650. The molecular formula is C18H23NO6. The number of hydrogen-bond acceptors (Lipinski definition) is 5. The van der Waals surface area contributed by atoms with Crippen LogP contribution in [0, 0.1) is 10.8 Å². The van der Waals surface area contributed by atoms with Crippen molar-refractivity contribution in [2.45, 2.75) is 32.9 Å². The minimum Gasteiger partial charge on any atom is -0.493 e. The Balaban J connectivity index is 1.74. The first-order valence-corrected chi connectivity index (χ1v) is 8.43. The molecule has 0 radical (unpaired) electrons. The van der Waals surface area contributed by atoms with Gasteiger partial charge in [-0.3, -0.25) is 14.5 Å². The maximum Gasteiger partial charge on any atom is 0.312 e. The van der Waals surface area contributed by atoms with E-state index in [1.165, 1.54) is 0 Å². The Morgan fingerprint density at radius 3 is 2.36 bits per heavy atom. The summed E-state index contributed by atoms with van der Waals surface area (Å²) in [5.74, 6) is -1.42. The van der Waals surface area contributed by atoms with Gasteiger partial charge in [-0.1, -0.05) is 13.0 Å². The Bertz CT molecular complexity index is 677. The largest absolute Gasteiger partial charge is 0.493 e. The molecule has 0 bridgehead atoms. The summed E-state index contributed by atoms with van der Waals surface area (Å²) >= 11 is 0. The third-order valence-corrected chi connectivity index (χ3v) is 5.36. The fourth-order valence-corrected chi connectivity index (χ4v) is 3.98. The van der Waals surface area contributed by atoms with Gasteiger partial charge in [-0.2, -0.15) is 0 Å². The third-order valence-electron chi connectivity index (χ3n) is 5.36. The van der Waals surface area contributed by atoms with Gasteiger partial charge < -0.3 is 20.1 Å². The summed E-state index contributed by atoms with van der Waals surface area (Å²) < 4.78 is 5.59. The van der Waals surface area contributed by atoms with Crippen molar-refractivity contribution in [2.24, 2.45) is 10.8 Å². The number of fused-ring (bicyclic) bond motifs is 1. The van der Waals surface area contributed by atoms with Gasteiger partial charge in [-0.05, 0) is 30.5 Å². The van der Waals surface area contributed by atoms with E-state index in [1.807, 2.05) is 24.0 Å². The van der Waals surface area contributed by atoms with E-state index in [0.717, 1.165) is 12.0 Å². The van der Waals surface area contributed by atoms with E-state index in [9.17, 15) is 24.9 Å². The predicted molar refractivity (Wildman–Crippen MR) is 88.2 cm³/mol. The summed E-state index contributed by atoms with van der Waals surface area (Å²) in [5, 5.41) is 28.5. The highest BCUT2D eigenvalue weighted by atomic mass is 16.5. The van der Waals surface area contributed by atoms with Crippen LogP contribution in [0.3, 0.4) is 0 Å². The van der Waals surface area contributed by atoms with Gasteiger partial charge in [0.2, 0.25) is 0 Å². The van der Waals surface area contributed by atoms with Gasteiger partial charge >= 0.3 is 11.9 Å². The standard InChI is InChI=1S/C18H23NO6/c1-2-5-25-14-4-3-12(6-13(14)8-20)7-19-10-17(15(21)22)9-18(17,11-19)16(23)24/h3-4,6,20H,2,5,7-11H2,1H3,(H,21,22)(H,23,24)/t17-,18+. The average Bonchev–Trinajstić information content (AvgIpc) is 3.13. The van der Waals surface area contributed by atoms with Gasteiger partial charge in [-0.15, -0.1) is 0 Å². The number of carboxylic acid groups (broad SMARTS) is 2. The lowest BCUT2D eigenvalue weighted by molar-refractivity contribution is -0.151. The molecule has 25 heavy (non-hydrogen) atoms. The second-order valence-electron chi connectivity index (χ2n) is 7.05. The van der Waals surface area contributed by atoms with E-state index >= 15 is 0 Å². The van der Waals surface area contributed by atoms with Crippen molar-refractivity contribution < 1.29 is 29.6 Å². The Morgan fingerprint density at radius 2 is 1.84 bits per heavy atom. The van der Waals surface area contributed by atoms with Crippen LogP contribution in [-0.2, 0) is 22.7 Å². The molecule has 1 saturated carbocycles. The molecule has 1 saturated heterocycles. The Morgan fingerprint density at radius 1 is 1.20 bits per heavy atom. The molecule has 7 heteroatoms. The number of piperidine rings is 1. The number of likely N-dealkylation sites (tertiary alicyclic amines) is 1. The maximum absolute atomic E-state index is 11.6. The summed E-state index contributed by atoms with van der Waals surface area (Å²) in [6, 6.07) is 5.50. The minimum atomic E-state index is -1.16. The Hall–Kier alpha value is -2.12. The second kappa shape index (κ2) is 6.31. The van der Waals surface area contributed by atoms with Crippen LogP contribution in [0.1, 0.15) is 30.9 Å². The molecule has 1 heterocycles. The van der Waals surface area contributed by atoms with E-state index in [2.05, 4.69) is 0 Å². The first-order valence-electron chi connectivity index (χ1n) is 8.43. The van der Waals surface area contributed by atoms with Crippen LogP contribution in [0.2, 0.25) is 0 Å². The normalized spacial score (nSPS) is 27.8. The van der Waals surface area contributed by atoms with Crippen molar-refractivity contribution in [3.8, 4) is 5.75 Å². The summed E-state index contributed by atoms with van der Waals surface area (Å²) in [7, 11) is 0. The van der Waals surface area contributed by atoms with Gasteiger partial charge in [0.1, 0.15) is 5.75 Å². The lowest BCUT2D eigenvalue weighted by Gasteiger charge is -2.20. The van der Waals surface area contributed by atoms with Crippen LogP contribution < -0.4 is 4.74 Å². The zero-order chi connectivity index (χ0) is 18.2. The highest BCUT2D eigenvalue weighted by molar-refractivity contribution is 5.94. The number of aliphatic hydroxyl groups is 1. The number of rotatable bonds is 8. The molecule has 3 N–H and O–H groups in total. The molecule has 0 amide bonds. The van der Waals surface area contributed by atoms with Crippen molar-refractivity contribution in [1.29, 1.82) is 0 Å². The van der Waals surface area contributed by atoms with Crippen LogP contribution in [0.4, 0.5) is 0 Å². The summed E-state index contributed by atoms with van der Waals surface area (Å²) in [6.45, 7) is 3.34. The molecule has 1 aliphatic heterocycles. The zero-order valence-electron chi connectivity index (χ0n) is 14.2. The maximum atomic E-state index is 11.6. The number of carbonyl (C=O) groups is 2. The lowest BCUT2D eigenvalue weighted by Crippen LogP contribution is -2.28. The van der Waals surface area contributed by atoms with E-state index in [0.29, 0.717) is 24.5 Å². The molecule has 3 rings (SSSR count). The smallest absolute Gasteiger partial charge is 0.312 e. The molecule has 136 valence electrons. The van der Waals surface area contributed by atoms with Crippen LogP contribution in [-0.4, -0.2) is 51.9 Å². The monoisotopic (exact) mass is 349 g/mol. The first kappa shape index (κ1) is 17.7. The van der Waals surface area contributed by atoms with Gasteiger partial charge in [0, 0.05) is 25.2 Å². The van der Waals surface area contributed by atoms with Crippen LogP contribution in [0.5, 0.6) is 5.75 Å². The number of ether oxygens (including phenoxy) is 1. The zero-order valence-corrected chi connectivity index (χ0v) is 14.2. The molecule has 0 unspecified atom stereocenters. The van der Waals surface area contributed by atoms with Gasteiger partial charge in [-0.25, -0.2) is 0 Å². The fraction of sp³-hybridized carbons (Fsp3) is 0.556. The summed E-state index contributed by atoms with van der Waals surface area (Å²) in [6.07, 6.45) is 1.07. The number of nitrogens with zero attached hydrogens (tertiary/aromatic N) is 1. The number of carboxylic acids is 2. The molecule has 0 spiro atoms. The molecule has 0 aromatic heterocycles. The lowest BCUT2D eigenvalue weighted by atomic mass is 9.97. The molecule has 1 aromatic rings. The molecule has 7 nitrogen and oxygen atoms in total. The number of hydrogen-bond donors (Lipinski definition) is 3. The highest BCUT2D eigenvalue weighted by Gasteiger charge is 2.80. The number of benzene rings is 1. The van der Waals surface area contributed by atoms with Crippen LogP contribution in [0.25, 0.3) is 0 Å². The van der Waals surface area contributed by atoms with Crippen LogP contribution >= 0.6 is 0 Å². The summed E-state index contributed by atoms with van der Waals surface area (Å²) in [4.78, 5) is 25.0. The van der Waals surface area contributed by atoms with Crippen molar-refractivity contribution in [3.05, 3.63) is 29.3 Å². The fourth-order valence-electron chi connectivity index (χ4n) is 3.98. The van der Waals surface area contributed by atoms with Gasteiger partial charge in [0.15, 0.2) is 0 Å². The number of aliphatic hydroxyl groups excluding tert-OH is 1. The van der Waals surface area contributed by atoms with Crippen LogP contribution in [0.15, 0.2) is 18.2 Å². The van der Waals surface area contributed by atoms with Crippen molar-refractivity contribution in [2.75, 3.05) is 19.7 Å².